The molecule has 1 aliphatic heterocycles. The molecule has 0 aliphatic carbocycles. The maximum absolute atomic E-state index is 12.5. The third kappa shape index (κ3) is 3.85. The van der Waals surface area contributed by atoms with Gasteiger partial charge in [-0.05, 0) is 42.3 Å². The van der Waals surface area contributed by atoms with Gasteiger partial charge in [0, 0.05) is 35.8 Å². The Bertz CT molecular complexity index is 1040. The first-order valence-electron chi connectivity index (χ1n) is 9.00. The van der Waals surface area contributed by atoms with E-state index in [1.54, 1.807) is 24.3 Å². The maximum atomic E-state index is 12.5. The van der Waals surface area contributed by atoms with Gasteiger partial charge in [0.15, 0.2) is 5.82 Å². The number of benzene rings is 2. The van der Waals surface area contributed by atoms with Crippen molar-refractivity contribution in [2.75, 3.05) is 18.0 Å². The fourth-order valence-corrected chi connectivity index (χ4v) is 3.46. The highest BCUT2D eigenvalue weighted by Gasteiger charge is 2.26. The largest absolute Gasteiger partial charge is 0.353 e. The lowest BCUT2D eigenvalue weighted by atomic mass is 10.1. The molecule has 1 amide bonds. The van der Waals surface area contributed by atoms with E-state index in [0.717, 1.165) is 30.0 Å². The minimum atomic E-state index is -0.159. The predicted molar refractivity (Wildman–Crippen MR) is 108 cm³/mol. The first-order valence-corrected chi connectivity index (χ1v) is 9.37. The van der Waals surface area contributed by atoms with Gasteiger partial charge in [0.2, 0.25) is 0 Å². The van der Waals surface area contributed by atoms with Crippen LogP contribution in [-0.2, 0) is 0 Å². The lowest BCUT2D eigenvalue weighted by Crippen LogP contribution is -2.37. The molecule has 0 radical (unpaired) electrons. The second-order valence-corrected chi connectivity index (χ2v) is 7.18. The molecule has 140 valence electrons. The van der Waals surface area contributed by atoms with E-state index in [0.29, 0.717) is 22.7 Å². The topological polar surface area (TPSA) is 84.8 Å². The average Bonchev–Trinajstić information content (AvgIpc) is 3.38. The molecule has 1 aliphatic rings. The third-order valence-electron chi connectivity index (χ3n) is 4.82. The summed E-state index contributed by atoms with van der Waals surface area (Å²) in [7, 11) is 0. The van der Waals surface area contributed by atoms with Gasteiger partial charge in [0.05, 0.1) is 17.3 Å². The van der Waals surface area contributed by atoms with Crippen molar-refractivity contribution in [3.8, 4) is 17.3 Å². The average molecular weight is 392 g/mol. The van der Waals surface area contributed by atoms with Gasteiger partial charge >= 0.3 is 0 Å². The number of nitriles is 1. The molecule has 0 unspecified atom stereocenters. The van der Waals surface area contributed by atoms with Crippen LogP contribution >= 0.6 is 11.6 Å². The molecule has 2 N–H and O–H groups in total. The number of aromatic amines is 1. The molecule has 6 nitrogen and oxygen atoms in total. The highest BCUT2D eigenvalue weighted by Crippen LogP contribution is 2.25. The summed E-state index contributed by atoms with van der Waals surface area (Å²) >= 11 is 5.94. The van der Waals surface area contributed by atoms with Crippen molar-refractivity contribution in [3.63, 3.8) is 0 Å². The van der Waals surface area contributed by atoms with Crippen LogP contribution < -0.4 is 10.2 Å². The molecule has 1 aromatic heterocycles. The summed E-state index contributed by atoms with van der Waals surface area (Å²) in [6.07, 6.45) is 0.840. The molecule has 7 heteroatoms. The molecule has 3 aromatic rings. The molecule has 0 spiro atoms. The Morgan fingerprint density at radius 1 is 1.25 bits per heavy atom. The zero-order chi connectivity index (χ0) is 19.5. The number of amides is 1. The Hall–Kier alpha value is -3.30. The van der Waals surface area contributed by atoms with Crippen molar-refractivity contribution < 1.29 is 4.79 Å². The zero-order valence-corrected chi connectivity index (χ0v) is 15.8. The minimum absolute atomic E-state index is 0.0360. The second kappa shape index (κ2) is 7.75. The van der Waals surface area contributed by atoms with E-state index in [1.807, 2.05) is 30.3 Å². The summed E-state index contributed by atoms with van der Waals surface area (Å²) in [4.78, 5) is 14.6. The van der Waals surface area contributed by atoms with Crippen molar-refractivity contribution in [2.24, 2.45) is 0 Å². The van der Waals surface area contributed by atoms with E-state index in [-0.39, 0.29) is 11.9 Å². The van der Waals surface area contributed by atoms with E-state index in [2.05, 4.69) is 26.5 Å². The number of hydrogen-bond donors (Lipinski definition) is 2. The fourth-order valence-electron chi connectivity index (χ4n) is 3.34. The van der Waals surface area contributed by atoms with Crippen LogP contribution in [-0.4, -0.2) is 35.2 Å². The SMILES string of the molecule is N#Cc1cccc(C(=O)N[C@@H]2CCN(c3cc(-c4ccc(Cl)cc4)[nH]n3)C2)c1. The smallest absolute Gasteiger partial charge is 0.251 e. The van der Waals surface area contributed by atoms with Crippen LogP contribution in [0, 0.1) is 11.3 Å². The lowest BCUT2D eigenvalue weighted by Gasteiger charge is -2.16. The summed E-state index contributed by atoms with van der Waals surface area (Å²) in [5.74, 6) is 0.695. The molecular weight excluding hydrogens is 374 g/mol. The fraction of sp³-hybridized carbons (Fsp3) is 0.190. The zero-order valence-electron chi connectivity index (χ0n) is 15.0. The van der Waals surface area contributed by atoms with Gasteiger partial charge in [-0.15, -0.1) is 0 Å². The van der Waals surface area contributed by atoms with Crippen molar-refractivity contribution in [3.05, 3.63) is 70.7 Å². The Kier molecular flexibility index (Phi) is 5.00. The minimum Gasteiger partial charge on any atom is -0.353 e. The molecule has 0 saturated carbocycles. The molecule has 1 fully saturated rings. The van der Waals surface area contributed by atoms with Crippen molar-refractivity contribution in [2.45, 2.75) is 12.5 Å². The van der Waals surface area contributed by atoms with Gasteiger partial charge in [0.25, 0.3) is 5.91 Å². The number of halogens is 1. The number of rotatable bonds is 4. The van der Waals surface area contributed by atoms with Crippen LogP contribution in [0.1, 0.15) is 22.3 Å². The van der Waals surface area contributed by atoms with E-state index < -0.39 is 0 Å². The van der Waals surface area contributed by atoms with Gasteiger partial charge in [-0.25, -0.2) is 0 Å². The first kappa shape index (κ1) is 18.1. The highest BCUT2D eigenvalue weighted by molar-refractivity contribution is 6.30. The van der Waals surface area contributed by atoms with Gasteiger partial charge in [0.1, 0.15) is 0 Å². The lowest BCUT2D eigenvalue weighted by molar-refractivity contribution is 0.0940. The number of carbonyl (C=O) groups excluding carboxylic acids is 1. The van der Waals surface area contributed by atoms with Gasteiger partial charge < -0.3 is 10.2 Å². The summed E-state index contributed by atoms with van der Waals surface area (Å²) in [6, 6.07) is 18.4. The van der Waals surface area contributed by atoms with Crippen molar-refractivity contribution in [1.82, 2.24) is 15.5 Å². The number of nitrogens with zero attached hydrogens (tertiary/aromatic N) is 3. The molecule has 28 heavy (non-hydrogen) atoms. The molecule has 0 bridgehead atoms. The predicted octanol–water partition coefficient (Wildman–Crippen LogP) is 3.61. The second-order valence-electron chi connectivity index (χ2n) is 6.74. The van der Waals surface area contributed by atoms with Crippen molar-refractivity contribution in [1.29, 1.82) is 5.26 Å². The van der Waals surface area contributed by atoms with Crippen LogP contribution in [0.4, 0.5) is 5.82 Å². The highest BCUT2D eigenvalue weighted by atomic mass is 35.5. The number of carbonyl (C=O) groups is 1. The Balaban J connectivity index is 1.40. The van der Waals surface area contributed by atoms with E-state index >= 15 is 0 Å². The Morgan fingerprint density at radius 3 is 2.86 bits per heavy atom. The Labute approximate surface area is 167 Å². The number of H-pyrrole nitrogens is 1. The first-order chi connectivity index (χ1) is 13.6. The third-order valence-corrected chi connectivity index (χ3v) is 5.07. The number of aromatic nitrogens is 2. The normalized spacial score (nSPS) is 16.0. The molecular formula is C21H18ClN5O. The van der Waals surface area contributed by atoms with Gasteiger partial charge in [-0.3, -0.25) is 9.89 Å². The van der Waals surface area contributed by atoms with Crippen LogP contribution in [0.15, 0.2) is 54.6 Å². The summed E-state index contributed by atoms with van der Waals surface area (Å²) < 4.78 is 0. The Morgan fingerprint density at radius 2 is 2.07 bits per heavy atom. The molecule has 4 rings (SSSR count). The number of nitrogens with one attached hydrogen (secondary N) is 2. The molecule has 1 saturated heterocycles. The standard InChI is InChI=1S/C21H18ClN5O/c22-17-6-4-15(5-7-17)19-11-20(26-25-19)27-9-8-18(13-27)24-21(28)16-3-1-2-14(10-16)12-23/h1-7,10-11,18H,8-9,13H2,(H,24,28)(H,25,26)/t18-/m1/s1. The van der Waals surface area contributed by atoms with Crippen LogP contribution in [0.25, 0.3) is 11.3 Å². The summed E-state index contributed by atoms with van der Waals surface area (Å²) in [6.45, 7) is 1.50. The van der Waals surface area contributed by atoms with Gasteiger partial charge in [-0.1, -0.05) is 29.8 Å². The quantitative estimate of drug-likeness (QED) is 0.711. The molecule has 2 aromatic carbocycles. The van der Waals surface area contributed by atoms with Crippen molar-refractivity contribution >= 4 is 23.3 Å². The monoisotopic (exact) mass is 391 g/mol. The van der Waals surface area contributed by atoms with Crippen LogP contribution in [0.3, 0.4) is 0 Å². The number of anilines is 1. The van der Waals surface area contributed by atoms with E-state index in [9.17, 15) is 4.79 Å². The van der Waals surface area contributed by atoms with E-state index in [1.165, 1.54) is 0 Å². The molecule has 2 heterocycles. The molecule has 1 atom stereocenters. The summed E-state index contributed by atoms with van der Waals surface area (Å²) in [5.41, 5.74) is 2.92. The van der Waals surface area contributed by atoms with Gasteiger partial charge in [-0.2, -0.15) is 10.4 Å². The maximum Gasteiger partial charge on any atom is 0.251 e. The van der Waals surface area contributed by atoms with Crippen LogP contribution in [0.2, 0.25) is 5.02 Å². The van der Waals surface area contributed by atoms with Crippen LogP contribution in [0.5, 0.6) is 0 Å². The number of hydrogen-bond acceptors (Lipinski definition) is 4. The summed E-state index contributed by atoms with van der Waals surface area (Å²) in [5, 5.41) is 20.2. The van der Waals surface area contributed by atoms with E-state index in [4.69, 9.17) is 16.9 Å².